The van der Waals surface area contributed by atoms with Crippen LogP contribution in [0.15, 0.2) is 40.3 Å². The highest BCUT2D eigenvalue weighted by Crippen LogP contribution is 2.29. The molecule has 0 saturated carbocycles. The van der Waals surface area contributed by atoms with Gasteiger partial charge in [-0.3, -0.25) is 14.2 Å². The van der Waals surface area contributed by atoms with Gasteiger partial charge in [-0.25, -0.2) is 4.98 Å². The Hall–Kier alpha value is -2.49. The number of hydrogen-bond acceptors (Lipinski definition) is 5. The van der Waals surface area contributed by atoms with E-state index in [1.807, 2.05) is 20.8 Å². The molecule has 1 atom stereocenters. The second-order valence-electron chi connectivity index (χ2n) is 8.00. The summed E-state index contributed by atoms with van der Waals surface area (Å²) in [6.07, 6.45) is -4.82. The number of benzene rings is 1. The number of ether oxygens (including phenoxy) is 1. The smallest absolute Gasteiger partial charge is 0.405 e. The summed E-state index contributed by atoms with van der Waals surface area (Å²) >= 11 is 1.32. The largest absolute Gasteiger partial charge is 0.573 e. The van der Waals surface area contributed by atoms with Gasteiger partial charge in [0.15, 0.2) is 5.16 Å². The van der Waals surface area contributed by atoms with Gasteiger partial charge < -0.3 is 10.1 Å². The number of para-hydroxylation sites is 1. The standard InChI is InChI=1S/C20H22F3N3O3S/c1-19(2,3)15-8-16(27)26-10-13(11-30-18(26)25-15)17(28)24-9-12-6-4-5-7-14(12)29-20(21,22)23/h4-8,13H,9-11H2,1-3H3,(H,24,28). The Bertz CT molecular complexity index is 999. The molecule has 6 nitrogen and oxygen atoms in total. The zero-order valence-electron chi connectivity index (χ0n) is 16.7. The van der Waals surface area contributed by atoms with Crippen molar-refractivity contribution in [2.75, 3.05) is 5.75 Å². The zero-order chi connectivity index (χ0) is 22.1. The quantitative estimate of drug-likeness (QED) is 0.736. The second-order valence-corrected chi connectivity index (χ2v) is 8.99. The molecule has 1 amide bonds. The van der Waals surface area contributed by atoms with Crippen LogP contribution in [-0.2, 0) is 23.3 Å². The fourth-order valence-corrected chi connectivity index (χ4v) is 4.05. The number of hydrogen-bond donors (Lipinski definition) is 1. The molecule has 0 radical (unpaired) electrons. The third kappa shape index (κ3) is 5.35. The van der Waals surface area contributed by atoms with Crippen molar-refractivity contribution < 1.29 is 22.7 Å². The molecule has 0 aliphatic carbocycles. The SMILES string of the molecule is CC(C)(C)c1cc(=O)n2c(n1)SCC(C(=O)NCc1ccccc1OC(F)(F)F)C2. The number of carbonyl (C=O) groups is 1. The lowest BCUT2D eigenvalue weighted by atomic mass is 9.92. The molecule has 1 unspecified atom stereocenters. The van der Waals surface area contributed by atoms with Crippen molar-refractivity contribution in [2.45, 2.75) is 50.8 Å². The first-order valence-corrected chi connectivity index (χ1v) is 10.3. The van der Waals surface area contributed by atoms with Crippen LogP contribution < -0.4 is 15.6 Å². The normalized spacial score (nSPS) is 16.7. The van der Waals surface area contributed by atoms with Crippen LogP contribution in [0.4, 0.5) is 13.2 Å². The summed E-state index contributed by atoms with van der Waals surface area (Å²) in [5.74, 6) is -0.782. The fourth-order valence-electron chi connectivity index (χ4n) is 2.95. The summed E-state index contributed by atoms with van der Waals surface area (Å²) in [5, 5.41) is 3.22. The van der Waals surface area contributed by atoms with E-state index < -0.39 is 12.3 Å². The molecule has 1 aromatic carbocycles. The maximum absolute atomic E-state index is 12.6. The van der Waals surface area contributed by atoms with Gasteiger partial charge in [0.2, 0.25) is 5.91 Å². The van der Waals surface area contributed by atoms with Crippen LogP contribution in [0.5, 0.6) is 5.75 Å². The Morgan fingerprint density at radius 1 is 1.30 bits per heavy atom. The van der Waals surface area contributed by atoms with E-state index in [9.17, 15) is 22.8 Å². The molecule has 0 fully saturated rings. The van der Waals surface area contributed by atoms with Gasteiger partial charge in [-0.1, -0.05) is 50.7 Å². The number of nitrogens with zero attached hydrogens (tertiary/aromatic N) is 2. The van der Waals surface area contributed by atoms with E-state index in [-0.39, 0.29) is 41.3 Å². The first kappa shape index (κ1) is 22.2. The third-order valence-electron chi connectivity index (χ3n) is 4.58. The van der Waals surface area contributed by atoms with Gasteiger partial charge in [0.1, 0.15) is 5.75 Å². The minimum Gasteiger partial charge on any atom is -0.405 e. The van der Waals surface area contributed by atoms with Crippen LogP contribution in [0.2, 0.25) is 0 Å². The zero-order valence-corrected chi connectivity index (χ0v) is 17.6. The summed E-state index contributed by atoms with van der Waals surface area (Å²) in [6.45, 7) is 5.96. The van der Waals surface area contributed by atoms with Crippen LogP contribution in [-0.4, -0.2) is 27.6 Å². The number of fused-ring (bicyclic) bond motifs is 1. The molecular weight excluding hydrogens is 419 g/mol. The molecular formula is C20H22F3N3O3S. The van der Waals surface area contributed by atoms with Gasteiger partial charge in [0.25, 0.3) is 5.56 Å². The summed E-state index contributed by atoms with van der Waals surface area (Å²) in [5.41, 5.74) is 0.407. The average molecular weight is 441 g/mol. The van der Waals surface area contributed by atoms with E-state index >= 15 is 0 Å². The van der Waals surface area contributed by atoms with Crippen molar-refractivity contribution in [1.29, 1.82) is 0 Å². The van der Waals surface area contributed by atoms with Gasteiger partial charge in [-0.15, -0.1) is 13.2 Å². The Kier molecular flexibility index (Phi) is 6.16. The number of aromatic nitrogens is 2. The number of thioether (sulfide) groups is 1. The molecule has 162 valence electrons. The summed E-state index contributed by atoms with van der Waals surface area (Å²) in [4.78, 5) is 29.7. The number of halogens is 3. The highest BCUT2D eigenvalue weighted by Gasteiger charge is 2.32. The molecule has 1 aromatic heterocycles. The minimum absolute atomic E-state index is 0.116. The number of alkyl halides is 3. The van der Waals surface area contributed by atoms with Gasteiger partial charge in [0.05, 0.1) is 11.6 Å². The van der Waals surface area contributed by atoms with E-state index in [2.05, 4.69) is 15.0 Å². The Labute approximate surface area is 175 Å². The topological polar surface area (TPSA) is 73.2 Å². The van der Waals surface area contributed by atoms with Crippen molar-refractivity contribution in [1.82, 2.24) is 14.9 Å². The van der Waals surface area contributed by atoms with Crippen molar-refractivity contribution in [3.05, 3.63) is 51.9 Å². The predicted octanol–water partition coefficient (Wildman–Crippen LogP) is 3.48. The van der Waals surface area contributed by atoms with Crippen molar-refractivity contribution in [3.8, 4) is 5.75 Å². The first-order valence-electron chi connectivity index (χ1n) is 9.30. The van der Waals surface area contributed by atoms with Crippen LogP contribution in [0, 0.1) is 5.92 Å². The minimum atomic E-state index is -4.82. The molecule has 0 spiro atoms. The van der Waals surface area contributed by atoms with Crippen molar-refractivity contribution in [3.63, 3.8) is 0 Å². The van der Waals surface area contributed by atoms with Crippen LogP contribution in [0.1, 0.15) is 32.0 Å². The number of carbonyl (C=O) groups excluding carboxylic acids is 1. The maximum atomic E-state index is 12.6. The molecule has 1 N–H and O–H groups in total. The molecule has 0 saturated heterocycles. The lowest BCUT2D eigenvalue weighted by Gasteiger charge is -2.26. The molecule has 2 heterocycles. The van der Waals surface area contributed by atoms with Gasteiger partial charge in [0, 0.05) is 35.9 Å². The Balaban J connectivity index is 1.69. The van der Waals surface area contributed by atoms with Crippen LogP contribution >= 0.6 is 11.8 Å². The second kappa shape index (κ2) is 8.33. The summed E-state index contributed by atoms with van der Waals surface area (Å²) in [6, 6.07) is 7.12. The highest BCUT2D eigenvalue weighted by molar-refractivity contribution is 7.99. The van der Waals surface area contributed by atoms with Gasteiger partial charge >= 0.3 is 6.36 Å². The van der Waals surface area contributed by atoms with E-state index in [0.29, 0.717) is 16.6 Å². The molecule has 1 aliphatic rings. The number of amides is 1. The lowest BCUT2D eigenvalue weighted by Crippen LogP contribution is -2.40. The molecule has 10 heteroatoms. The maximum Gasteiger partial charge on any atom is 0.573 e. The molecule has 1 aliphatic heterocycles. The number of nitrogens with one attached hydrogen (secondary N) is 1. The van der Waals surface area contributed by atoms with E-state index in [4.69, 9.17) is 0 Å². The lowest BCUT2D eigenvalue weighted by molar-refractivity contribution is -0.274. The van der Waals surface area contributed by atoms with Gasteiger partial charge in [-0.05, 0) is 6.07 Å². The molecule has 3 rings (SSSR count). The van der Waals surface area contributed by atoms with E-state index in [1.54, 1.807) is 6.07 Å². The number of rotatable bonds is 4. The Morgan fingerprint density at radius 3 is 2.67 bits per heavy atom. The average Bonchev–Trinajstić information content (AvgIpc) is 2.65. The highest BCUT2D eigenvalue weighted by atomic mass is 32.2. The summed E-state index contributed by atoms with van der Waals surface area (Å²) in [7, 11) is 0. The molecule has 0 bridgehead atoms. The first-order chi connectivity index (χ1) is 13.9. The van der Waals surface area contributed by atoms with Crippen LogP contribution in [0.3, 0.4) is 0 Å². The predicted molar refractivity (Wildman–Crippen MR) is 106 cm³/mol. The molecule has 2 aromatic rings. The van der Waals surface area contributed by atoms with Crippen molar-refractivity contribution in [2.24, 2.45) is 5.92 Å². The van der Waals surface area contributed by atoms with Crippen molar-refractivity contribution >= 4 is 17.7 Å². The van der Waals surface area contributed by atoms with Crippen LogP contribution in [0.25, 0.3) is 0 Å². The Morgan fingerprint density at radius 2 is 2.00 bits per heavy atom. The van der Waals surface area contributed by atoms with Gasteiger partial charge in [-0.2, -0.15) is 0 Å². The molecule has 30 heavy (non-hydrogen) atoms. The monoisotopic (exact) mass is 441 g/mol. The summed E-state index contributed by atoms with van der Waals surface area (Å²) < 4.78 is 43.1. The fraction of sp³-hybridized carbons (Fsp3) is 0.450. The van der Waals surface area contributed by atoms with E-state index in [0.717, 1.165) is 0 Å². The third-order valence-corrected chi connectivity index (χ3v) is 5.72. The van der Waals surface area contributed by atoms with E-state index in [1.165, 1.54) is 40.6 Å².